The van der Waals surface area contributed by atoms with Crippen LogP contribution in [-0.4, -0.2) is 38.3 Å². The Labute approximate surface area is 161 Å². The van der Waals surface area contributed by atoms with Crippen molar-refractivity contribution in [3.63, 3.8) is 0 Å². The molecule has 0 atom stereocenters. The zero-order valence-corrected chi connectivity index (χ0v) is 16.3. The third kappa shape index (κ3) is 5.62. The van der Waals surface area contributed by atoms with Crippen LogP contribution in [0.5, 0.6) is 11.5 Å². The van der Waals surface area contributed by atoms with Crippen LogP contribution < -0.4 is 20.1 Å². The number of rotatable bonds is 7. The molecule has 0 amide bonds. The lowest BCUT2D eigenvalue weighted by Crippen LogP contribution is -2.36. The van der Waals surface area contributed by atoms with E-state index in [0.29, 0.717) is 13.3 Å². The van der Waals surface area contributed by atoms with Crippen molar-refractivity contribution in [3.05, 3.63) is 59.2 Å². The number of benzene rings is 2. The first kappa shape index (κ1) is 19.0. The minimum Gasteiger partial charge on any atom is -0.454 e. The van der Waals surface area contributed by atoms with Gasteiger partial charge in [-0.1, -0.05) is 30.3 Å². The molecular formula is C21H28N4O2. The molecule has 0 aliphatic carbocycles. The second kappa shape index (κ2) is 9.28. The van der Waals surface area contributed by atoms with Crippen molar-refractivity contribution in [3.8, 4) is 11.5 Å². The molecule has 0 unspecified atom stereocenters. The maximum atomic E-state index is 5.43. The van der Waals surface area contributed by atoms with Crippen molar-refractivity contribution < 1.29 is 9.47 Å². The highest BCUT2D eigenvalue weighted by molar-refractivity contribution is 5.79. The molecule has 27 heavy (non-hydrogen) atoms. The Morgan fingerprint density at radius 3 is 2.41 bits per heavy atom. The lowest BCUT2D eigenvalue weighted by molar-refractivity contribution is 0.174. The summed E-state index contributed by atoms with van der Waals surface area (Å²) in [4.78, 5) is 6.84. The molecule has 0 saturated heterocycles. The van der Waals surface area contributed by atoms with Crippen LogP contribution in [0.1, 0.15) is 23.6 Å². The molecule has 0 aromatic heterocycles. The Balaban J connectivity index is 1.57. The van der Waals surface area contributed by atoms with Crippen molar-refractivity contribution >= 4 is 5.96 Å². The van der Waals surface area contributed by atoms with E-state index < -0.39 is 0 Å². The maximum Gasteiger partial charge on any atom is 0.231 e. The van der Waals surface area contributed by atoms with Crippen LogP contribution in [-0.2, 0) is 19.6 Å². The largest absolute Gasteiger partial charge is 0.454 e. The average molecular weight is 368 g/mol. The number of guanidine groups is 1. The predicted molar refractivity (Wildman–Crippen MR) is 108 cm³/mol. The molecule has 2 aromatic rings. The number of hydrogen-bond acceptors (Lipinski definition) is 4. The Morgan fingerprint density at radius 1 is 0.963 bits per heavy atom. The summed E-state index contributed by atoms with van der Waals surface area (Å²) in [6.07, 6.45) is 0. The van der Waals surface area contributed by atoms with Gasteiger partial charge < -0.3 is 25.0 Å². The van der Waals surface area contributed by atoms with Gasteiger partial charge in [-0.25, -0.2) is 4.99 Å². The molecular weight excluding hydrogens is 340 g/mol. The van der Waals surface area contributed by atoms with Gasteiger partial charge in [0.15, 0.2) is 17.5 Å². The van der Waals surface area contributed by atoms with Gasteiger partial charge in [0, 0.05) is 19.6 Å². The summed E-state index contributed by atoms with van der Waals surface area (Å²) < 4.78 is 10.8. The Kier molecular flexibility index (Phi) is 6.54. The SMILES string of the molecule is CCNC(=NCc1ccc2c(c1)OCO2)NCc1ccc(CN(C)C)cc1. The van der Waals surface area contributed by atoms with Gasteiger partial charge in [-0.2, -0.15) is 0 Å². The van der Waals surface area contributed by atoms with Crippen LogP contribution in [0.2, 0.25) is 0 Å². The first-order valence-corrected chi connectivity index (χ1v) is 9.27. The Bertz CT molecular complexity index is 772. The summed E-state index contributed by atoms with van der Waals surface area (Å²) in [5.74, 6) is 2.39. The van der Waals surface area contributed by atoms with Crippen LogP contribution in [0.25, 0.3) is 0 Å². The van der Waals surface area contributed by atoms with Crippen LogP contribution >= 0.6 is 0 Å². The highest BCUT2D eigenvalue weighted by Crippen LogP contribution is 2.32. The molecule has 1 aliphatic heterocycles. The van der Waals surface area contributed by atoms with Crippen LogP contribution in [0, 0.1) is 0 Å². The summed E-state index contributed by atoms with van der Waals surface area (Å²) in [5, 5.41) is 6.68. The number of fused-ring (bicyclic) bond motifs is 1. The Hall–Kier alpha value is -2.73. The molecule has 0 saturated carbocycles. The molecule has 144 valence electrons. The molecule has 1 aliphatic rings. The molecule has 2 aromatic carbocycles. The summed E-state index contributed by atoms with van der Waals surface area (Å²) in [6, 6.07) is 14.6. The van der Waals surface area contributed by atoms with Crippen molar-refractivity contribution in [2.24, 2.45) is 4.99 Å². The van der Waals surface area contributed by atoms with E-state index in [1.165, 1.54) is 11.1 Å². The fourth-order valence-corrected chi connectivity index (χ4v) is 2.86. The van der Waals surface area contributed by atoms with E-state index in [-0.39, 0.29) is 0 Å². The highest BCUT2D eigenvalue weighted by Gasteiger charge is 2.12. The van der Waals surface area contributed by atoms with Crippen molar-refractivity contribution in [1.29, 1.82) is 0 Å². The van der Waals surface area contributed by atoms with Gasteiger partial charge in [0.1, 0.15) is 0 Å². The maximum absolute atomic E-state index is 5.43. The van der Waals surface area contributed by atoms with Gasteiger partial charge >= 0.3 is 0 Å². The first-order chi connectivity index (χ1) is 13.1. The number of ether oxygens (including phenoxy) is 2. The summed E-state index contributed by atoms with van der Waals surface area (Å²) >= 11 is 0. The molecule has 0 bridgehead atoms. The molecule has 1 heterocycles. The Morgan fingerprint density at radius 2 is 1.67 bits per heavy atom. The van der Waals surface area contributed by atoms with Gasteiger partial charge in [-0.05, 0) is 49.8 Å². The smallest absolute Gasteiger partial charge is 0.231 e. The topological polar surface area (TPSA) is 58.1 Å². The van der Waals surface area contributed by atoms with E-state index >= 15 is 0 Å². The van der Waals surface area contributed by atoms with Gasteiger partial charge in [-0.3, -0.25) is 0 Å². The van der Waals surface area contributed by atoms with Gasteiger partial charge in [0.05, 0.1) is 6.54 Å². The lowest BCUT2D eigenvalue weighted by Gasteiger charge is -2.13. The molecule has 3 rings (SSSR count). The fourth-order valence-electron chi connectivity index (χ4n) is 2.86. The van der Waals surface area contributed by atoms with E-state index in [9.17, 15) is 0 Å². The normalized spacial score (nSPS) is 13.1. The minimum absolute atomic E-state index is 0.291. The minimum atomic E-state index is 0.291. The zero-order chi connectivity index (χ0) is 19.1. The molecule has 6 nitrogen and oxygen atoms in total. The number of nitrogens with zero attached hydrogens (tertiary/aromatic N) is 2. The van der Waals surface area contributed by atoms with Crippen LogP contribution in [0.15, 0.2) is 47.5 Å². The number of nitrogens with one attached hydrogen (secondary N) is 2. The quantitative estimate of drug-likeness (QED) is 0.581. The van der Waals surface area contributed by atoms with Gasteiger partial charge in [0.25, 0.3) is 0 Å². The van der Waals surface area contributed by atoms with Gasteiger partial charge in [0.2, 0.25) is 6.79 Å². The van der Waals surface area contributed by atoms with E-state index in [0.717, 1.165) is 42.7 Å². The second-order valence-corrected chi connectivity index (χ2v) is 6.79. The first-order valence-electron chi connectivity index (χ1n) is 9.27. The molecule has 0 radical (unpaired) electrons. The van der Waals surface area contributed by atoms with E-state index in [4.69, 9.17) is 9.47 Å². The predicted octanol–water partition coefficient (Wildman–Crippen LogP) is 2.73. The van der Waals surface area contributed by atoms with Crippen LogP contribution in [0.3, 0.4) is 0 Å². The summed E-state index contributed by atoms with van der Waals surface area (Å²) in [6.45, 7) is 5.43. The monoisotopic (exact) mass is 368 g/mol. The molecule has 2 N–H and O–H groups in total. The third-order valence-corrected chi connectivity index (χ3v) is 4.18. The zero-order valence-electron chi connectivity index (χ0n) is 16.3. The highest BCUT2D eigenvalue weighted by atomic mass is 16.7. The van der Waals surface area contributed by atoms with Gasteiger partial charge in [-0.15, -0.1) is 0 Å². The van der Waals surface area contributed by atoms with Crippen molar-refractivity contribution in [1.82, 2.24) is 15.5 Å². The molecule has 0 spiro atoms. The third-order valence-electron chi connectivity index (χ3n) is 4.18. The molecule has 0 fully saturated rings. The van der Waals surface area contributed by atoms with E-state index in [2.05, 4.69) is 65.8 Å². The fraction of sp³-hybridized carbons (Fsp3) is 0.381. The van der Waals surface area contributed by atoms with Crippen molar-refractivity contribution in [2.45, 2.75) is 26.6 Å². The average Bonchev–Trinajstić information content (AvgIpc) is 3.12. The van der Waals surface area contributed by atoms with Crippen molar-refractivity contribution in [2.75, 3.05) is 27.4 Å². The van der Waals surface area contributed by atoms with E-state index in [1.807, 2.05) is 18.2 Å². The lowest BCUT2D eigenvalue weighted by atomic mass is 10.1. The standard InChI is InChI=1S/C21H28N4O2/c1-4-22-21(23-12-16-5-7-17(8-6-16)14-25(2)3)24-13-18-9-10-19-20(11-18)27-15-26-19/h5-11H,4,12-15H2,1-3H3,(H2,22,23,24). The van der Waals surface area contributed by atoms with Crippen LogP contribution in [0.4, 0.5) is 0 Å². The number of aliphatic imine (C=N–C) groups is 1. The number of hydrogen-bond donors (Lipinski definition) is 2. The molecule has 6 heteroatoms. The summed E-state index contributed by atoms with van der Waals surface area (Å²) in [5.41, 5.74) is 3.63. The second-order valence-electron chi connectivity index (χ2n) is 6.79. The summed E-state index contributed by atoms with van der Waals surface area (Å²) in [7, 11) is 4.16. The van der Waals surface area contributed by atoms with E-state index in [1.54, 1.807) is 0 Å².